The molecule has 0 aliphatic heterocycles. The second kappa shape index (κ2) is 6.10. The third kappa shape index (κ3) is 3.25. The van der Waals surface area contributed by atoms with Gasteiger partial charge in [0.05, 0.1) is 6.20 Å². The summed E-state index contributed by atoms with van der Waals surface area (Å²) in [6.45, 7) is 3.08. The highest BCUT2D eigenvalue weighted by molar-refractivity contribution is 5.17. The molecule has 1 N–H and O–H groups in total. The van der Waals surface area contributed by atoms with Crippen molar-refractivity contribution in [3.05, 3.63) is 29.8 Å². The van der Waals surface area contributed by atoms with Crippen molar-refractivity contribution in [2.45, 2.75) is 45.1 Å². The third-order valence-corrected chi connectivity index (χ3v) is 3.61. The summed E-state index contributed by atoms with van der Waals surface area (Å²) in [5.41, 5.74) is 0.778. The fourth-order valence-corrected chi connectivity index (χ4v) is 2.37. The normalized spacial score (nSPS) is 17.8. The number of aromatic nitrogens is 1. The van der Waals surface area contributed by atoms with Crippen LogP contribution in [0.3, 0.4) is 0 Å². The minimum Gasteiger partial charge on any atom is -0.310 e. The van der Waals surface area contributed by atoms with E-state index >= 15 is 0 Å². The number of nitrogens with one attached hydrogen (secondary N) is 1. The summed E-state index contributed by atoms with van der Waals surface area (Å²) in [4.78, 5) is 3.82. The molecule has 1 saturated carbocycles. The van der Waals surface area contributed by atoms with Crippen molar-refractivity contribution in [3.8, 4) is 0 Å². The van der Waals surface area contributed by atoms with Crippen LogP contribution in [0.4, 0.5) is 4.39 Å². The van der Waals surface area contributed by atoms with Crippen molar-refractivity contribution in [1.82, 2.24) is 10.3 Å². The van der Waals surface area contributed by atoms with Crippen LogP contribution in [-0.4, -0.2) is 11.5 Å². The van der Waals surface area contributed by atoms with Gasteiger partial charge < -0.3 is 5.32 Å². The number of halogens is 1. The van der Waals surface area contributed by atoms with E-state index in [1.165, 1.54) is 25.5 Å². The quantitative estimate of drug-likeness (QED) is 0.818. The van der Waals surface area contributed by atoms with E-state index in [1.54, 1.807) is 12.3 Å². The van der Waals surface area contributed by atoms with Gasteiger partial charge in [-0.15, -0.1) is 0 Å². The van der Waals surface area contributed by atoms with Crippen LogP contribution in [0.2, 0.25) is 0 Å². The molecule has 1 aromatic heterocycles. The zero-order valence-electron chi connectivity index (χ0n) is 10.5. The highest BCUT2D eigenvalue weighted by atomic mass is 19.1. The first kappa shape index (κ1) is 12.5. The number of nitrogens with zero attached hydrogens (tertiary/aromatic N) is 1. The van der Waals surface area contributed by atoms with Gasteiger partial charge in [-0.3, -0.25) is 4.98 Å². The molecule has 3 heteroatoms. The van der Waals surface area contributed by atoms with Gasteiger partial charge in [-0.2, -0.15) is 0 Å². The summed E-state index contributed by atoms with van der Waals surface area (Å²) in [6, 6.07) is 1.96. The van der Waals surface area contributed by atoms with Crippen molar-refractivity contribution in [2.75, 3.05) is 6.54 Å². The largest absolute Gasteiger partial charge is 0.310 e. The van der Waals surface area contributed by atoms with Crippen molar-refractivity contribution in [3.63, 3.8) is 0 Å². The molecule has 1 aliphatic rings. The summed E-state index contributed by atoms with van der Waals surface area (Å²) in [5, 5.41) is 3.46. The molecule has 0 saturated heterocycles. The Balaban J connectivity index is 2.05. The minimum atomic E-state index is -0.180. The smallest absolute Gasteiger partial charge is 0.146 e. The average Bonchev–Trinajstić information content (AvgIpc) is 2.28. The number of hydrogen-bond donors (Lipinski definition) is 1. The highest BCUT2D eigenvalue weighted by Gasteiger charge is 2.24. The maximum atomic E-state index is 13.7. The SMILES string of the molecule is CCCNC(CC1CCC1)c1ccncc1F. The summed E-state index contributed by atoms with van der Waals surface area (Å²) in [7, 11) is 0. The van der Waals surface area contributed by atoms with Crippen LogP contribution in [0.1, 0.15) is 50.6 Å². The van der Waals surface area contributed by atoms with Gasteiger partial charge in [0.25, 0.3) is 0 Å². The fraction of sp³-hybridized carbons (Fsp3) is 0.643. The predicted molar refractivity (Wildman–Crippen MR) is 67.2 cm³/mol. The molecule has 1 heterocycles. The Bertz CT molecular complexity index is 350. The first-order valence-corrected chi connectivity index (χ1v) is 6.64. The van der Waals surface area contributed by atoms with Crippen LogP contribution < -0.4 is 5.32 Å². The first-order valence-electron chi connectivity index (χ1n) is 6.64. The Labute approximate surface area is 103 Å². The minimum absolute atomic E-state index is 0.156. The average molecular weight is 236 g/mol. The molecule has 0 aromatic carbocycles. The Kier molecular flexibility index (Phi) is 4.49. The van der Waals surface area contributed by atoms with Crippen molar-refractivity contribution < 1.29 is 4.39 Å². The summed E-state index contributed by atoms with van der Waals surface area (Å²) in [5.74, 6) is 0.595. The monoisotopic (exact) mass is 236 g/mol. The van der Waals surface area contributed by atoms with Crippen molar-refractivity contribution >= 4 is 0 Å². The van der Waals surface area contributed by atoms with Crippen molar-refractivity contribution in [2.24, 2.45) is 5.92 Å². The zero-order valence-corrected chi connectivity index (χ0v) is 10.5. The molecule has 1 atom stereocenters. The second-order valence-electron chi connectivity index (χ2n) is 4.94. The van der Waals surface area contributed by atoms with Gasteiger partial charge >= 0.3 is 0 Å². The molecular formula is C14H21FN2. The van der Waals surface area contributed by atoms with Gasteiger partial charge in [0.1, 0.15) is 5.82 Å². The van der Waals surface area contributed by atoms with E-state index in [-0.39, 0.29) is 11.9 Å². The molecule has 1 aromatic rings. The molecule has 2 nitrogen and oxygen atoms in total. The fourth-order valence-electron chi connectivity index (χ4n) is 2.37. The van der Waals surface area contributed by atoms with E-state index in [1.807, 2.05) is 0 Å². The van der Waals surface area contributed by atoms with Crippen LogP contribution in [0.25, 0.3) is 0 Å². The molecular weight excluding hydrogens is 215 g/mol. The Morgan fingerprint density at radius 3 is 2.94 bits per heavy atom. The summed E-state index contributed by atoms with van der Waals surface area (Å²) >= 11 is 0. The van der Waals surface area contributed by atoms with Gasteiger partial charge in [-0.25, -0.2) is 4.39 Å². The molecule has 1 unspecified atom stereocenters. The number of pyridine rings is 1. The highest BCUT2D eigenvalue weighted by Crippen LogP contribution is 2.35. The maximum absolute atomic E-state index is 13.7. The van der Waals surface area contributed by atoms with Crippen LogP contribution in [0, 0.1) is 11.7 Å². The molecule has 0 bridgehead atoms. The Morgan fingerprint density at radius 1 is 1.53 bits per heavy atom. The number of hydrogen-bond acceptors (Lipinski definition) is 2. The molecule has 0 spiro atoms. The van der Waals surface area contributed by atoms with E-state index in [2.05, 4.69) is 17.2 Å². The molecule has 2 rings (SSSR count). The lowest BCUT2D eigenvalue weighted by Gasteiger charge is -2.30. The van der Waals surface area contributed by atoms with Crippen LogP contribution in [-0.2, 0) is 0 Å². The Hall–Kier alpha value is -0.960. The van der Waals surface area contributed by atoms with E-state index in [0.29, 0.717) is 0 Å². The van der Waals surface area contributed by atoms with Gasteiger partial charge in [-0.05, 0) is 31.4 Å². The van der Waals surface area contributed by atoms with E-state index < -0.39 is 0 Å². The number of rotatable bonds is 6. The van der Waals surface area contributed by atoms with Crippen LogP contribution in [0.15, 0.2) is 18.5 Å². The zero-order chi connectivity index (χ0) is 12.1. The van der Waals surface area contributed by atoms with Crippen LogP contribution >= 0.6 is 0 Å². The molecule has 0 amide bonds. The molecule has 1 fully saturated rings. The summed E-state index contributed by atoms with van der Waals surface area (Å²) < 4.78 is 13.7. The molecule has 94 valence electrons. The molecule has 0 radical (unpaired) electrons. The van der Waals surface area contributed by atoms with Crippen molar-refractivity contribution in [1.29, 1.82) is 0 Å². The summed E-state index contributed by atoms with van der Waals surface area (Å²) in [6.07, 6.45) is 9.07. The van der Waals surface area contributed by atoms with E-state index in [0.717, 1.165) is 30.9 Å². The standard InChI is InChI=1S/C14H21FN2/c1-2-7-17-14(9-11-4-3-5-11)12-6-8-16-10-13(12)15/h6,8,10-11,14,17H,2-5,7,9H2,1H3. The topological polar surface area (TPSA) is 24.9 Å². The van der Waals surface area contributed by atoms with Gasteiger partial charge in [0.15, 0.2) is 0 Å². The van der Waals surface area contributed by atoms with Gasteiger partial charge in [-0.1, -0.05) is 26.2 Å². The molecule has 1 aliphatic carbocycles. The van der Waals surface area contributed by atoms with Gasteiger partial charge in [0, 0.05) is 17.8 Å². The first-order chi connectivity index (χ1) is 8.31. The lowest BCUT2D eigenvalue weighted by atomic mass is 9.79. The van der Waals surface area contributed by atoms with Gasteiger partial charge in [0.2, 0.25) is 0 Å². The predicted octanol–water partition coefficient (Wildman–Crippen LogP) is 3.45. The Morgan fingerprint density at radius 2 is 2.35 bits per heavy atom. The lowest BCUT2D eigenvalue weighted by Crippen LogP contribution is -2.27. The van der Waals surface area contributed by atoms with Crippen LogP contribution in [0.5, 0.6) is 0 Å². The second-order valence-corrected chi connectivity index (χ2v) is 4.94. The van der Waals surface area contributed by atoms with E-state index in [4.69, 9.17) is 0 Å². The lowest BCUT2D eigenvalue weighted by molar-refractivity contribution is 0.259. The van der Waals surface area contributed by atoms with E-state index in [9.17, 15) is 4.39 Å². The maximum Gasteiger partial charge on any atom is 0.146 e. The molecule has 17 heavy (non-hydrogen) atoms. The third-order valence-electron chi connectivity index (χ3n) is 3.61.